The van der Waals surface area contributed by atoms with Crippen molar-refractivity contribution in [2.75, 3.05) is 10.0 Å². The summed E-state index contributed by atoms with van der Waals surface area (Å²) in [6, 6.07) is 13.2. The van der Waals surface area contributed by atoms with E-state index in [1.807, 2.05) is 29.0 Å². The highest BCUT2D eigenvalue weighted by molar-refractivity contribution is 7.92. The molecule has 6 nitrogen and oxygen atoms in total. The molecule has 2 aromatic heterocycles. The third-order valence-corrected chi connectivity index (χ3v) is 6.19. The van der Waals surface area contributed by atoms with E-state index in [4.69, 9.17) is 11.6 Å². The molecule has 2 N–H and O–H groups in total. The molecule has 0 atom stereocenters. The molecule has 0 bridgehead atoms. The Balaban J connectivity index is 1.58. The first-order valence-electron chi connectivity index (χ1n) is 9.03. The Kier molecular flexibility index (Phi) is 5.71. The Labute approximate surface area is 182 Å². The number of benzene rings is 2. The SMILES string of the molecule is O=S(=O)(Nc1cccc(F)n1)c1cc(Cl)c(NCc2cccc3ccncc23)cc1F. The predicted molar refractivity (Wildman–Crippen MR) is 115 cm³/mol. The number of rotatable bonds is 6. The van der Waals surface area contributed by atoms with E-state index in [0.29, 0.717) is 6.54 Å². The van der Waals surface area contributed by atoms with E-state index in [-0.39, 0.29) is 16.5 Å². The lowest BCUT2D eigenvalue weighted by Crippen LogP contribution is -2.16. The van der Waals surface area contributed by atoms with Gasteiger partial charge in [0.1, 0.15) is 16.5 Å². The molecule has 0 aliphatic heterocycles. The van der Waals surface area contributed by atoms with E-state index in [9.17, 15) is 17.2 Å². The van der Waals surface area contributed by atoms with Gasteiger partial charge in [-0.1, -0.05) is 35.9 Å². The van der Waals surface area contributed by atoms with Crippen LogP contribution in [-0.4, -0.2) is 18.4 Å². The minimum absolute atomic E-state index is 0.00679. The highest BCUT2D eigenvalue weighted by Crippen LogP contribution is 2.30. The Morgan fingerprint density at radius 2 is 1.84 bits per heavy atom. The zero-order valence-corrected chi connectivity index (χ0v) is 17.4. The van der Waals surface area contributed by atoms with Crippen molar-refractivity contribution in [2.45, 2.75) is 11.4 Å². The van der Waals surface area contributed by atoms with E-state index < -0.39 is 26.7 Å². The average molecular weight is 461 g/mol. The Bertz CT molecular complexity index is 1380. The van der Waals surface area contributed by atoms with Gasteiger partial charge in [0, 0.05) is 24.3 Å². The van der Waals surface area contributed by atoms with Gasteiger partial charge in [-0.15, -0.1) is 0 Å². The Morgan fingerprint density at radius 1 is 1.03 bits per heavy atom. The van der Waals surface area contributed by atoms with Crippen molar-refractivity contribution in [2.24, 2.45) is 0 Å². The van der Waals surface area contributed by atoms with Gasteiger partial charge in [0.25, 0.3) is 10.0 Å². The molecule has 0 saturated carbocycles. The summed E-state index contributed by atoms with van der Waals surface area (Å²) in [5.74, 6) is -2.17. The lowest BCUT2D eigenvalue weighted by molar-refractivity contribution is 0.570. The van der Waals surface area contributed by atoms with Gasteiger partial charge in [-0.25, -0.2) is 17.8 Å². The zero-order chi connectivity index (χ0) is 22.0. The minimum atomic E-state index is -4.37. The van der Waals surface area contributed by atoms with Crippen LogP contribution < -0.4 is 10.0 Å². The summed E-state index contributed by atoms with van der Waals surface area (Å²) >= 11 is 6.21. The fourth-order valence-corrected chi connectivity index (χ4v) is 4.43. The van der Waals surface area contributed by atoms with Crippen LogP contribution in [0.5, 0.6) is 0 Å². The highest BCUT2D eigenvalue weighted by Gasteiger charge is 2.22. The molecule has 10 heteroatoms. The van der Waals surface area contributed by atoms with Gasteiger partial charge in [-0.05, 0) is 41.3 Å². The fourth-order valence-electron chi connectivity index (χ4n) is 3.05. The van der Waals surface area contributed by atoms with Crippen LogP contribution in [0.25, 0.3) is 10.8 Å². The third kappa shape index (κ3) is 4.57. The van der Waals surface area contributed by atoms with Gasteiger partial charge in [-0.3, -0.25) is 9.71 Å². The maximum Gasteiger partial charge on any atom is 0.266 e. The van der Waals surface area contributed by atoms with E-state index in [0.717, 1.165) is 34.5 Å². The van der Waals surface area contributed by atoms with Crippen molar-refractivity contribution in [3.63, 3.8) is 0 Å². The van der Waals surface area contributed by atoms with Crippen LogP contribution in [-0.2, 0) is 16.6 Å². The van der Waals surface area contributed by atoms with Gasteiger partial charge in [0.2, 0.25) is 5.95 Å². The molecule has 0 saturated heterocycles. The first-order chi connectivity index (χ1) is 14.8. The fraction of sp³-hybridized carbons (Fsp3) is 0.0476. The maximum absolute atomic E-state index is 14.7. The second-order valence-corrected chi connectivity index (χ2v) is 8.64. The molecule has 0 aliphatic rings. The molecule has 4 rings (SSSR count). The minimum Gasteiger partial charge on any atom is -0.380 e. The van der Waals surface area contributed by atoms with Crippen molar-refractivity contribution in [1.82, 2.24) is 9.97 Å². The molecule has 0 aliphatic carbocycles. The van der Waals surface area contributed by atoms with E-state index in [1.165, 1.54) is 12.1 Å². The second kappa shape index (κ2) is 8.44. The lowest BCUT2D eigenvalue weighted by atomic mass is 10.1. The van der Waals surface area contributed by atoms with Crippen molar-refractivity contribution >= 4 is 43.9 Å². The van der Waals surface area contributed by atoms with Crippen LogP contribution in [0.15, 0.2) is 71.9 Å². The monoisotopic (exact) mass is 460 g/mol. The molecule has 0 fully saturated rings. The van der Waals surface area contributed by atoms with E-state index in [2.05, 4.69) is 15.3 Å². The topological polar surface area (TPSA) is 84.0 Å². The zero-order valence-electron chi connectivity index (χ0n) is 15.8. The summed E-state index contributed by atoms with van der Waals surface area (Å²) in [5.41, 5.74) is 1.14. The van der Waals surface area contributed by atoms with Crippen LogP contribution >= 0.6 is 11.6 Å². The molecule has 158 valence electrons. The molecule has 0 spiro atoms. The molecule has 0 unspecified atom stereocenters. The first kappa shape index (κ1) is 21.0. The van der Waals surface area contributed by atoms with Gasteiger partial charge < -0.3 is 5.32 Å². The average Bonchev–Trinajstić information content (AvgIpc) is 2.73. The molecule has 2 aromatic carbocycles. The van der Waals surface area contributed by atoms with Gasteiger partial charge in [0.15, 0.2) is 0 Å². The van der Waals surface area contributed by atoms with Crippen molar-refractivity contribution in [3.05, 3.63) is 89.3 Å². The lowest BCUT2D eigenvalue weighted by Gasteiger charge is -2.13. The van der Waals surface area contributed by atoms with Gasteiger partial charge in [-0.2, -0.15) is 4.39 Å². The predicted octanol–water partition coefficient (Wildman–Crippen LogP) is 4.97. The van der Waals surface area contributed by atoms with Crippen molar-refractivity contribution in [3.8, 4) is 0 Å². The number of nitrogens with one attached hydrogen (secondary N) is 2. The summed E-state index contributed by atoms with van der Waals surface area (Å²) in [6.07, 6.45) is 3.43. The third-order valence-electron chi connectivity index (χ3n) is 4.51. The van der Waals surface area contributed by atoms with Crippen LogP contribution in [0.4, 0.5) is 20.3 Å². The summed E-state index contributed by atoms with van der Waals surface area (Å²) in [6.45, 7) is 0.319. The van der Waals surface area contributed by atoms with Crippen LogP contribution in [0.2, 0.25) is 5.02 Å². The van der Waals surface area contributed by atoms with Crippen LogP contribution in [0.3, 0.4) is 0 Å². The normalized spacial score (nSPS) is 11.5. The highest BCUT2D eigenvalue weighted by atomic mass is 35.5. The summed E-state index contributed by atoms with van der Waals surface area (Å²) in [4.78, 5) is 6.86. The first-order valence-corrected chi connectivity index (χ1v) is 10.9. The largest absolute Gasteiger partial charge is 0.380 e. The number of aromatic nitrogens is 2. The molecular weight excluding hydrogens is 446 g/mol. The molecule has 4 aromatic rings. The summed E-state index contributed by atoms with van der Waals surface area (Å²) in [7, 11) is -4.37. The molecule has 0 radical (unpaired) electrons. The number of halogens is 3. The summed E-state index contributed by atoms with van der Waals surface area (Å²) in [5, 5.41) is 4.96. The smallest absolute Gasteiger partial charge is 0.266 e. The number of fused-ring (bicyclic) bond motifs is 1. The standard InChI is InChI=1S/C21H15ClF2N4O2S/c22-16-9-19(31(29,30)28-21-6-2-5-20(24)27-21)17(23)10-18(16)26-11-14-4-1-3-13-7-8-25-12-15(13)14/h1-10,12,26H,11H2,(H,27,28). The van der Waals surface area contributed by atoms with E-state index >= 15 is 0 Å². The van der Waals surface area contributed by atoms with Gasteiger partial charge in [0.05, 0.1) is 10.7 Å². The number of hydrogen-bond donors (Lipinski definition) is 2. The van der Waals surface area contributed by atoms with Crippen molar-refractivity contribution < 1.29 is 17.2 Å². The van der Waals surface area contributed by atoms with Crippen LogP contribution in [0.1, 0.15) is 5.56 Å². The second-order valence-electron chi connectivity index (χ2n) is 6.58. The Hall–Kier alpha value is -3.30. The number of nitrogens with zero attached hydrogens (tertiary/aromatic N) is 2. The number of anilines is 2. The molecule has 2 heterocycles. The number of pyridine rings is 2. The molecule has 31 heavy (non-hydrogen) atoms. The number of hydrogen-bond acceptors (Lipinski definition) is 5. The van der Waals surface area contributed by atoms with Crippen LogP contribution in [0, 0.1) is 11.8 Å². The summed E-state index contributed by atoms with van der Waals surface area (Å²) < 4.78 is 55.0. The quantitative estimate of drug-likeness (QED) is 0.397. The molecule has 0 amide bonds. The maximum atomic E-state index is 14.7. The van der Waals surface area contributed by atoms with Gasteiger partial charge >= 0.3 is 0 Å². The van der Waals surface area contributed by atoms with Crippen molar-refractivity contribution in [1.29, 1.82) is 0 Å². The Morgan fingerprint density at radius 3 is 2.65 bits per heavy atom. The van der Waals surface area contributed by atoms with E-state index in [1.54, 1.807) is 12.4 Å². The molecular formula is C21H15ClF2N4O2S. The number of sulfonamides is 1.